The van der Waals surface area contributed by atoms with Crippen molar-refractivity contribution in [2.45, 2.75) is 45.1 Å². The minimum Gasteiger partial charge on any atom is -0.393 e. The zero-order chi connectivity index (χ0) is 16.8. The summed E-state index contributed by atoms with van der Waals surface area (Å²) in [6.45, 7) is 2.08. The third-order valence-corrected chi connectivity index (χ3v) is 4.43. The second-order valence-electron chi connectivity index (χ2n) is 6.44. The van der Waals surface area contributed by atoms with Crippen LogP contribution in [0.2, 0.25) is 0 Å². The van der Waals surface area contributed by atoms with Gasteiger partial charge in [0.15, 0.2) is 0 Å². The van der Waals surface area contributed by atoms with Crippen molar-refractivity contribution in [1.29, 1.82) is 0 Å². The van der Waals surface area contributed by atoms with Crippen LogP contribution in [0, 0.1) is 5.92 Å². The summed E-state index contributed by atoms with van der Waals surface area (Å²) in [6, 6.07) is 7.31. The van der Waals surface area contributed by atoms with Gasteiger partial charge in [0.25, 0.3) is 0 Å². The van der Waals surface area contributed by atoms with Gasteiger partial charge >= 0.3 is 0 Å². The third-order valence-electron chi connectivity index (χ3n) is 4.43. The predicted octanol–water partition coefficient (Wildman–Crippen LogP) is 2.20. The minimum absolute atomic E-state index is 0.0510. The number of hydrogen-bond acceptors (Lipinski definition) is 3. The number of carbonyl (C=O) groups excluding carboxylic acids is 2. The Balaban J connectivity index is 1.86. The molecular weight excluding hydrogens is 292 g/mol. The van der Waals surface area contributed by atoms with Crippen LogP contribution in [0.5, 0.6) is 0 Å². The van der Waals surface area contributed by atoms with E-state index >= 15 is 0 Å². The molecule has 0 aromatic heterocycles. The van der Waals surface area contributed by atoms with Crippen molar-refractivity contribution in [1.82, 2.24) is 4.90 Å². The summed E-state index contributed by atoms with van der Waals surface area (Å²) >= 11 is 0. The molecule has 1 aliphatic rings. The molecule has 0 heterocycles. The fourth-order valence-electron chi connectivity index (χ4n) is 3.07. The number of aliphatic hydroxyl groups is 1. The first-order valence-electron chi connectivity index (χ1n) is 8.24. The lowest BCUT2D eigenvalue weighted by atomic mass is 9.86. The number of hydrogen-bond donors (Lipinski definition) is 2. The molecule has 0 saturated heterocycles. The number of amides is 2. The Labute approximate surface area is 137 Å². The van der Waals surface area contributed by atoms with E-state index in [-0.39, 0.29) is 23.8 Å². The van der Waals surface area contributed by atoms with Crippen molar-refractivity contribution in [3.8, 4) is 0 Å². The van der Waals surface area contributed by atoms with Crippen LogP contribution in [0.4, 0.5) is 5.69 Å². The maximum absolute atomic E-state index is 12.3. The highest BCUT2D eigenvalue weighted by Crippen LogP contribution is 2.25. The van der Waals surface area contributed by atoms with Gasteiger partial charge < -0.3 is 15.3 Å². The molecule has 1 aliphatic carbocycles. The third kappa shape index (κ3) is 5.36. The second kappa shape index (κ2) is 8.11. The van der Waals surface area contributed by atoms with E-state index in [1.807, 2.05) is 12.1 Å². The Hall–Kier alpha value is -1.88. The molecule has 1 fully saturated rings. The van der Waals surface area contributed by atoms with Crippen molar-refractivity contribution in [3.63, 3.8) is 0 Å². The first kappa shape index (κ1) is 17.5. The van der Waals surface area contributed by atoms with E-state index in [2.05, 4.69) is 5.32 Å². The molecular formula is C18H26N2O3. The number of benzene rings is 1. The molecule has 1 aromatic rings. The van der Waals surface area contributed by atoms with Crippen molar-refractivity contribution < 1.29 is 14.7 Å². The zero-order valence-electron chi connectivity index (χ0n) is 13.9. The molecule has 0 bridgehead atoms. The van der Waals surface area contributed by atoms with Gasteiger partial charge in [0.2, 0.25) is 11.8 Å². The largest absolute Gasteiger partial charge is 0.393 e. The van der Waals surface area contributed by atoms with E-state index in [4.69, 9.17) is 0 Å². The first-order valence-corrected chi connectivity index (χ1v) is 8.24. The van der Waals surface area contributed by atoms with Gasteiger partial charge in [0.1, 0.15) is 0 Å². The second-order valence-corrected chi connectivity index (χ2v) is 6.44. The lowest BCUT2D eigenvalue weighted by molar-refractivity contribution is -0.130. The molecule has 2 N–H and O–H groups in total. The summed E-state index contributed by atoms with van der Waals surface area (Å²) in [7, 11) is 1.80. The molecule has 2 atom stereocenters. The van der Waals surface area contributed by atoms with Crippen molar-refractivity contribution in [2.75, 3.05) is 18.9 Å². The summed E-state index contributed by atoms with van der Waals surface area (Å²) < 4.78 is 0. The standard InChI is InChI=1S/C18H26N2O3/c1-13(21)19-16-9-7-14(8-10-16)11-18(23)20(2)12-15-5-3-4-6-17(15)22/h7-10,15,17,22H,3-6,11-12H2,1-2H3,(H,19,21). The van der Waals surface area contributed by atoms with Crippen LogP contribution in [0.15, 0.2) is 24.3 Å². The number of aliphatic hydroxyl groups excluding tert-OH is 1. The fourth-order valence-corrected chi connectivity index (χ4v) is 3.07. The molecule has 5 nitrogen and oxygen atoms in total. The molecule has 0 radical (unpaired) electrons. The molecule has 5 heteroatoms. The van der Waals surface area contributed by atoms with E-state index in [0.29, 0.717) is 13.0 Å². The molecule has 1 saturated carbocycles. The van der Waals surface area contributed by atoms with Crippen LogP contribution < -0.4 is 5.32 Å². The van der Waals surface area contributed by atoms with E-state index < -0.39 is 0 Å². The average molecular weight is 318 g/mol. The molecule has 2 amide bonds. The maximum atomic E-state index is 12.3. The van der Waals surface area contributed by atoms with E-state index in [1.165, 1.54) is 6.92 Å². The quantitative estimate of drug-likeness (QED) is 0.874. The van der Waals surface area contributed by atoms with Gasteiger partial charge in [-0.05, 0) is 30.5 Å². The van der Waals surface area contributed by atoms with Gasteiger partial charge in [-0.1, -0.05) is 25.0 Å². The molecule has 23 heavy (non-hydrogen) atoms. The number of nitrogens with one attached hydrogen (secondary N) is 1. The summed E-state index contributed by atoms with van der Waals surface area (Å²) in [5.41, 5.74) is 1.65. The first-order chi connectivity index (χ1) is 11.0. The van der Waals surface area contributed by atoms with Crippen molar-refractivity contribution in [3.05, 3.63) is 29.8 Å². The smallest absolute Gasteiger partial charge is 0.226 e. The van der Waals surface area contributed by atoms with Gasteiger partial charge in [0.05, 0.1) is 12.5 Å². The van der Waals surface area contributed by atoms with Gasteiger partial charge in [-0.15, -0.1) is 0 Å². The van der Waals surface area contributed by atoms with Crippen LogP contribution in [-0.4, -0.2) is 41.5 Å². The van der Waals surface area contributed by atoms with Crippen LogP contribution in [0.1, 0.15) is 38.2 Å². The number of likely N-dealkylation sites (N-methyl/N-ethyl adjacent to an activating group) is 1. The maximum Gasteiger partial charge on any atom is 0.226 e. The monoisotopic (exact) mass is 318 g/mol. The molecule has 2 rings (SSSR count). The highest BCUT2D eigenvalue weighted by Gasteiger charge is 2.25. The SMILES string of the molecule is CC(=O)Nc1ccc(CC(=O)N(C)CC2CCCCC2O)cc1. The average Bonchev–Trinajstić information content (AvgIpc) is 2.51. The van der Waals surface area contributed by atoms with Gasteiger partial charge in [-0.25, -0.2) is 0 Å². The van der Waals surface area contributed by atoms with E-state index in [9.17, 15) is 14.7 Å². The summed E-state index contributed by atoms with van der Waals surface area (Å²) in [5, 5.41) is 12.7. The van der Waals surface area contributed by atoms with Crippen LogP contribution >= 0.6 is 0 Å². The Morgan fingerprint density at radius 2 is 1.87 bits per heavy atom. The number of nitrogens with zero attached hydrogens (tertiary/aromatic N) is 1. The van der Waals surface area contributed by atoms with Gasteiger partial charge in [0, 0.05) is 32.1 Å². The minimum atomic E-state index is -0.282. The van der Waals surface area contributed by atoms with Gasteiger partial charge in [-0.2, -0.15) is 0 Å². The number of rotatable bonds is 5. The van der Waals surface area contributed by atoms with Crippen LogP contribution in [-0.2, 0) is 16.0 Å². The zero-order valence-corrected chi connectivity index (χ0v) is 13.9. The predicted molar refractivity (Wildman–Crippen MR) is 90.1 cm³/mol. The molecule has 0 spiro atoms. The summed E-state index contributed by atoms with van der Waals surface area (Å²) in [6.07, 6.45) is 4.10. The van der Waals surface area contributed by atoms with Crippen LogP contribution in [0.25, 0.3) is 0 Å². The Morgan fingerprint density at radius 1 is 1.22 bits per heavy atom. The van der Waals surface area contributed by atoms with Crippen LogP contribution in [0.3, 0.4) is 0 Å². The Morgan fingerprint density at radius 3 is 2.48 bits per heavy atom. The Kier molecular flexibility index (Phi) is 6.16. The van der Waals surface area contributed by atoms with Crippen molar-refractivity contribution >= 4 is 17.5 Å². The Bertz CT molecular complexity index is 542. The number of carbonyl (C=O) groups is 2. The highest BCUT2D eigenvalue weighted by atomic mass is 16.3. The molecule has 2 unspecified atom stereocenters. The number of anilines is 1. The molecule has 0 aliphatic heterocycles. The lowest BCUT2D eigenvalue weighted by Crippen LogP contribution is -2.38. The van der Waals surface area contributed by atoms with E-state index in [0.717, 1.165) is 36.9 Å². The highest BCUT2D eigenvalue weighted by molar-refractivity contribution is 5.88. The van der Waals surface area contributed by atoms with Crippen molar-refractivity contribution in [2.24, 2.45) is 5.92 Å². The summed E-state index contributed by atoms with van der Waals surface area (Å²) in [4.78, 5) is 25.0. The van der Waals surface area contributed by atoms with Gasteiger partial charge in [-0.3, -0.25) is 9.59 Å². The van der Waals surface area contributed by atoms with E-state index in [1.54, 1.807) is 24.1 Å². The fraction of sp³-hybridized carbons (Fsp3) is 0.556. The topological polar surface area (TPSA) is 69.6 Å². The molecule has 126 valence electrons. The molecule has 1 aromatic carbocycles. The summed E-state index contributed by atoms with van der Waals surface area (Å²) in [5.74, 6) is 0.134. The normalized spacial score (nSPS) is 20.8. The lowest BCUT2D eigenvalue weighted by Gasteiger charge is -2.31.